The van der Waals surface area contributed by atoms with E-state index in [0.717, 1.165) is 11.1 Å². The normalized spacial score (nSPS) is 13.4. The zero-order valence-corrected chi connectivity index (χ0v) is 16.3. The Balaban J connectivity index is 1.70. The van der Waals surface area contributed by atoms with Crippen LogP contribution in [0.1, 0.15) is 28.4 Å². The summed E-state index contributed by atoms with van der Waals surface area (Å²) in [5, 5.41) is 2.78. The molecule has 0 aromatic heterocycles. The molecule has 1 atom stereocenters. The Morgan fingerprint density at radius 2 is 1.86 bits per heavy atom. The van der Waals surface area contributed by atoms with Crippen LogP contribution in [0, 0.1) is 13.8 Å². The van der Waals surface area contributed by atoms with E-state index in [1.807, 2.05) is 32.0 Å². The van der Waals surface area contributed by atoms with E-state index in [4.69, 9.17) is 18.9 Å². The molecule has 1 aliphatic rings. The quantitative estimate of drug-likeness (QED) is 0.796. The maximum absolute atomic E-state index is 12.5. The van der Waals surface area contributed by atoms with Gasteiger partial charge >= 0.3 is 5.97 Å². The minimum atomic E-state index is -0.979. The molecule has 0 fully saturated rings. The van der Waals surface area contributed by atoms with Gasteiger partial charge in [0.05, 0.1) is 12.7 Å². The van der Waals surface area contributed by atoms with Gasteiger partial charge < -0.3 is 24.3 Å². The van der Waals surface area contributed by atoms with Gasteiger partial charge in [-0.2, -0.15) is 0 Å². The average molecular weight is 385 g/mol. The number of aryl methyl sites for hydroxylation is 2. The Morgan fingerprint density at radius 1 is 1.11 bits per heavy atom. The van der Waals surface area contributed by atoms with E-state index in [0.29, 0.717) is 36.1 Å². The van der Waals surface area contributed by atoms with Crippen LogP contribution in [0.25, 0.3) is 0 Å². The lowest BCUT2D eigenvalue weighted by Gasteiger charge is -2.21. The maximum atomic E-state index is 12.5. The molecular formula is C21H23NO6. The summed E-state index contributed by atoms with van der Waals surface area (Å²) in [7, 11) is 1.47. The molecule has 0 unspecified atom stereocenters. The van der Waals surface area contributed by atoms with Crippen LogP contribution in [0.5, 0.6) is 17.2 Å². The molecule has 2 aromatic carbocycles. The molecule has 0 saturated heterocycles. The SMILES string of the molecule is COc1cc(C(=O)O[C@@H](C)C(=O)Nc2ccc(C)cc2C)cc2c1OCCO2. The first-order valence-electron chi connectivity index (χ1n) is 8.95. The van der Waals surface area contributed by atoms with E-state index in [9.17, 15) is 9.59 Å². The number of hydrogen-bond donors (Lipinski definition) is 1. The third-order valence-electron chi connectivity index (χ3n) is 4.36. The second-order valence-electron chi connectivity index (χ2n) is 6.56. The number of esters is 1. The largest absolute Gasteiger partial charge is 0.493 e. The molecule has 1 N–H and O–H groups in total. The molecule has 0 saturated carbocycles. The van der Waals surface area contributed by atoms with E-state index in [-0.39, 0.29) is 5.56 Å². The Kier molecular flexibility index (Phi) is 5.73. The van der Waals surface area contributed by atoms with E-state index in [1.165, 1.54) is 26.2 Å². The molecule has 0 spiro atoms. The molecule has 148 valence electrons. The first kappa shape index (κ1) is 19.5. The minimum absolute atomic E-state index is 0.215. The van der Waals surface area contributed by atoms with Crippen LogP contribution in [-0.4, -0.2) is 38.3 Å². The number of ether oxygens (including phenoxy) is 4. The summed E-state index contributed by atoms with van der Waals surface area (Å²) >= 11 is 0. The summed E-state index contributed by atoms with van der Waals surface area (Å²) in [5.74, 6) is 0.163. The summed E-state index contributed by atoms with van der Waals surface area (Å²) in [4.78, 5) is 24.9. The Labute approximate surface area is 163 Å². The van der Waals surface area contributed by atoms with Crippen molar-refractivity contribution >= 4 is 17.6 Å². The number of carbonyl (C=O) groups excluding carboxylic acids is 2. The van der Waals surface area contributed by atoms with Crippen LogP contribution in [0.2, 0.25) is 0 Å². The molecule has 2 aromatic rings. The number of amides is 1. The Hall–Kier alpha value is -3.22. The van der Waals surface area contributed by atoms with Gasteiger partial charge in [0.15, 0.2) is 17.6 Å². The minimum Gasteiger partial charge on any atom is -0.493 e. The highest BCUT2D eigenvalue weighted by Crippen LogP contribution is 2.40. The second kappa shape index (κ2) is 8.21. The number of methoxy groups -OCH3 is 1. The summed E-state index contributed by atoms with van der Waals surface area (Å²) in [6.45, 7) is 6.18. The number of hydrogen-bond acceptors (Lipinski definition) is 6. The number of nitrogens with one attached hydrogen (secondary N) is 1. The van der Waals surface area contributed by atoms with Crippen molar-refractivity contribution in [1.82, 2.24) is 0 Å². The lowest BCUT2D eigenvalue weighted by atomic mass is 10.1. The number of benzene rings is 2. The summed E-state index contributed by atoms with van der Waals surface area (Å²) < 4.78 is 21.6. The molecule has 0 radical (unpaired) electrons. The molecule has 0 aliphatic carbocycles. The average Bonchev–Trinajstić information content (AvgIpc) is 2.68. The Morgan fingerprint density at radius 3 is 2.57 bits per heavy atom. The van der Waals surface area contributed by atoms with E-state index in [1.54, 1.807) is 0 Å². The van der Waals surface area contributed by atoms with Gasteiger partial charge in [-0.25, -0.2) is 4.79 Å². The zero-order valence-electron chi connectivity index (χ0n) is 16.3. The molecule has 7 nitrogen and oxygen atoms in total. The third kappa shape index (κ3) is 4.19. The topological polar surface area (TPSA) is 83.1 Å². The zero-order chi connectivity index (χ0) is 20.3. The van der Waals surface area contributed by atoms with Gasteiger partial charge in [0, 0.05) is 5.69 Å². The van der Waals surface area contributed by atoms with Crippen molar-refractivity contribution in [1.29, 1.82) is 0 Å². The number of carbonyl (C=O) groups is 2. The first-order chi connectivity index (χ1) is 13.4. The van der Waals surface area contributed by atoms with Gasteiger partial charge in [0.1, 0.15) is 13.2 Å². The summed E-state index contributed by atoms with van der Waals surface area (Å²) in [6.07, 6.45) is -0.979. The van der Waals surface area contributed by atoms with Crippen LogP contribution in [-0.2, 0) is 9.53 Å². The molecule has 28 heavy (non-hydrogen) atoms. The fraction of sp³-hybridized carbons (Fsp3) is 0.333. The van der Waals surface area contributed by atoms with Gasteiger partial charge in [-0.3, -0.25) is 4.79 Å². The third-order valence-corrected chi connectivity index (χ3v) is 4.36. The van der Waals surface area contributed by atoms with E-state index >= 15 is 0 Å². The molecule has 1 heterocycles. The van der Waals surface area contributed by atoms with Gasteiger partial charge in [-0.1, -0.05) is 17.7 Å². The van der Waals surface area contributed by atoms with Crippen molar-refractivity contribution in [2.75, 3.05) is 25.6 Å². The van der Waals surface area contributed by atoms with Crippen molar-refractivity contribution in [2.45, 2.75) is 26.9 Å². The van der Waals surface area contributed by atoms with Crippen LogP contribution >= 0.6 is 0 Å². The number of rotatable bonds is 5. The monoisotopic (exact) mass is 385 g/mol. The highest BCUT2D eigenvalue weighted by atomic mass is 16.6. The predicted molar refractivity (Wildman–Crippen MR) is 103 cm³/mol. The van der Waals surface area contributed by atoms with Crippen LogP contribution < -0.4 is 19.5 Å². The summed E-state index contributed by atoms with van der Waals surface area (Å²) in [5.41, 5.74) is 2.93. The molecule has 7 heteroatoms. The molecule has 3 rings (SSSR count). The highest BCUT2D eigenvalue weighted by Gasteiger charge is 2.24. The van der Waals surface area contributed by atoms with Gasteiger partial charge in [0.2, 0.25) is 5.75 Å². The lowest BCUT2D eigenvalue weighted by Crippen LogP contribution is -2.30. The van der Waals surface area contributed by atoms with Crippen molar-refractivity contribution in [3.63, 3.8) is 0 Å². The highest BCUT2D eigenvalue weighted by molar-refractivity contribution is 5.98. The fourth-order valence-electron chi connectivity index (χ4n) is 2.86. The van der Waals surface area contributed by atoms with E-state index in [2.05, 4.69) is 5.32 Å². The van der Waals surface area contributed by atoms with Crippen LogP contribution in [0.15, 0.2) is 30.3 Å². The fourth-order valence-corrected chi connectivity index (χ4v) is 2.86. The van der Waals surface area contributed by atoms with Gasteiger partial charge in [-0.05, 0) is 44.5 Å². The number of anilines is 1. The molecule has 1 amide bonds. The summed E-state index contributed by atoms with van der Waals surface area (Å²) in [6, 6.07) is 8.72. The molecule has 1 aliphatic heterocycles. The van der Waals surface area contributed by atoms with Crippen molar-refractivity contribution in [2.24, 2.45) is 0 Å². The lowest BCUT2D eigenvalue weighted by molar-refractivity contribution is -0.123. The smallest absolute Gasteiger partial charge is 0.339 e. The van der Waals surface area contributed by atoms with Crippen LogP contribution in [0.3, 0.4) is 0 Å². The van der Waals surface area contributed by atoms with E-state index < -0.39 is 18.0 Å². The predicted octanol–water partition coefficient (Wildman–Crippen LogP) is 3.27. The maximum Gasteiger partial charge on any atom is 0.339 e. The van der Waals surface area contributed by atoms with Crippen molar-refractivity contribution in [3.05, 3.63) is 47.0 Å². The molecule has 0 bridgehead atoms. The van der Waals surface area contributed by atoms with Crippen molar-refractivity contribution < 1.29 is 28.5 Å². The Bertz CT molecular complexity index is 891. The second-order valence-corrected chi connectivity index (χ2v) is 6.56. The standard InChI is InChI=1S/C21H23NO6/c1-12-5-6-16(13(2)9-12)22-20(23)14(3)28-21(24)15-10-17(25-4)19-18(11-15)26-7-8-27-19/h5-6,9-11,14H,7-8H2,1-4H3,(H,22,23)/t14-/m0/s1. The van der Waals surface area contributed by atoms with Crippen LogP contribution in [0.4, 0.5) is 5.69 Å². The van der Waals surface area contributed by atoms with Gasteiger partial charge in [0.25, 0.3) is 5.91 Å². The first-order valence-corrected chi connectivity index (χ1v) is 8.95. The number of fused-ring (bicyclic) bond motifs is 1. The van der Waals surface area contributed by atoms with Gasteiger partial charge in [-0.15, -0.1) is 0 Å². The van der Waals surface area contributed by atoms with Crippen molar-refractivity contribution in [3.8, 4) is 17.2 Å². The molecular weight excluding hydrogens is 362 g/mol.